The normalized spacial score (nSPS) is 17.3. The van der Waals surface area contributed by atoms with E-state index in [4.69, 9.17) is 0 Å². The fourth-order valence-corrected chi connectivity index (χ4v) is 3.00. The number of rotatable bonds is 3. The zero-order chi connectivity index (χ0) is 13.1. The molecule has 1 fully saturated rings. The van der Waals surface area contributed by atoms with E-state index in [0.717, 1.165) is 37.9 Å². The number of hydrogen-bond acceptors (Lipinski definition) is 2. The lowest BCUT2D eigenvalue weighted by atomic mass is 9.82. The van der Waals surface area contributed by atoms with Crippen molar-refractivity contribution in [3.8, 4) is 5.75 Å². The summed E-state index contributed by atoms with van der Waals surface area (Å²) < 4.78 is 0. The number of nitrogens with one attached hydrogen (secondary N) is 1. The van der Waals surface area contributed by atoms with Crippen molar-refractivity contribution in [3.63, 3.8) is 0 Å². The van der Waals surface area contributed by atoms with Crippen molar-refractivity contribution in [1.29, 1.82) is 0 Å². The van der Waals surface area contributed by atoms with Crippen molar-refractivity contribution in [1.82, 2.24) is 5.32 Å². The summed E-state index contributed by atoms with van der Waals surface area (Å²) >= 11 is 0. The van der Waals surface area contributed by atoms with Crippen LogP contribution < -0.4 is 5.32 Å². The molecule has 0 spiro atoms. The summed E-state index contributed by atoms with van der Waals surface area (Å²) in [6.07, 6.45) is 3.18. The van der Waals surface area contributed by atoms with Crippen LogP contribution in [0.4, 0.5) is 0 Å². The lowest BCUT2D eigenvalue weighted by molar-refractivity contribution is 0.417. The number of aromatic hydroxyl groups is 1. The van der Waals surface area contributed by atoms with E-state index in [0.29, 0.717) is 17.6 Å². The summed E-state index contributed by atoms with van der Waals surface area (Å²) in [4.78, 5) is 0. The maximum absolute atomic E-state index is 10.6. The van der Waals surface area contributed by atoms with E-state index in [1.165, 1.54) is 11.1 Å². The molecule has 1 heterocycles. The number of phenols is 1. The summed E-state index contributed by atoms with van der Waals surface area (Å²) in [7, 11) is 0. The molecule has 2 nitrogen and oxygen atoms in total. The van der Waals surface area contributed by atoms with Gasteiger partial charge in [0.2, 0.25) is 0 Å². The second-order valence-electron chi connectivity index (χ2n) is 5.61. The van der Waals surface area contributed by atoms with E-state index >= 15 is 0 Å². The third kappa shape index (κ3) is 2.54. The van der Waals surface area contributed by atoms with E-state index in [9.17, 15) is 5.11 Å². The molecule has 100 valence electrons. The Morgan fingerprint density at radius 1 is 1.28 bits per heavy atom. The van der Waals surface area contributed by atoms with Gasteiger partial charge in [-0.25, -0.2) is 0 Å². The van der Waals surface area contributed by atoms with E-state index < -0.39 is 0 Å². The van der Waals surface area contributed by atoms with Crippen LogP contribution in [0.5, 0.6) is 5.75 Å². The molecular weight excluding hydrogens is 222 g/mol. The molecular formula is C16H25NO. The molecule has 0 aromatic heterocycles. The van der Waals surface area contributed by atoms with Crippen molar-refractivity contribution in [2.75, 3.05) is 13.1 Å². The Hall–Kier alpha value is -1.02. The van der Waals surface area contributed by atoms with Crippen LogP contribution in [0.1, 0.15) is 62.1 Å². The molecule has 1 aliphatic rings. The van der Waals surface area contributed by atoms with Gasteiger partial charge in [0.15, 0.2) is 0 Å². The number of benzene rings is 1. The van der Waals surface area contributed by atoms with E-state index in [-0.39, 0.29) is 0 Å². The van der Waals surface area contributed by atoms with Crippen molar-refractivity contribution >= 4 is 0 Å². The van der Waals surface area contributed by atoms with E-state index in [1.807, 2.05) is 0 Å². The van der Waals surface area contributed by atoms with Crippen LogP contribution in [-0.2, 0) is 6.42 Å². The van der Waals surface area contributed by atoms with Crippen LogP contribution >= 0.6 is 0 Å². The third-order valence-corrected chi connectivity index (χ3v) is 4.08. The first-order valence-electron chi connectivity index (χ1n) is 7.20. The smallest absolute Gasteiger partial charge is 0.122 e. The monoisotopic (exact) mass is 247 g/mol. The van der Waals surface area contributed by atoms with Crippen LogP contribution in [0.25, 0.3) is 0 Å². The molecule has 2 N–H and O–H groups in total. The number of phenolic OH excluding ortho intramolecular Hbond substituents is 1. The standard InChI is InChI=1S/C16H25NO/c1-4-12-5-6-14(11(2)3)15(16(12)18)13-7-9-17-10-8-13/h5-6,11,13,17-18H,4,7-10H2,1-3H3. The molecule has 1 aromatic rings. The quantitative estimate of drug-likeness (QED) is 0.856. The third-order valence-electron chi connectivity index (χ3n) is 4.08. The molecule has 0 radical (unpaired) electrons. The van der Waals surface area contributed by atoms with Gasteiger partial charge in [-0.05, 0) is 55.3 Å². The Labute approximate surface area is 110 Å². The summed E-state index contributed by atoms with van der Waals surface area (Å²) in [6, 6.07) is 4.32. The van der Waals surface area contributed by atoms with Crippen LogP contribution in [0.3, 0.4) is 0 Å². The van der Waals surface area contributed by atoms with Crippen molar-refractivity contribution in [2.45, 2.75) is 51.9 Å². The predicted octanol–water partition coefficient (Wildman–Crippen LogP) is 3.55. The fraction of sp³-hybridized carbons (Fsp3) is 0.625. The van der Waals surface area contributed by atoms with Gasteiger partial charge in [-0.1, -0.05) is 32.9 Å². The summed E-state index contributed by atoms with van der Waals surface area (Å²) in [5.74, 6) is 1.57. The van der Waals surface area contributed by atoms with Crippen molar-refractivity contribution in [2.24, 2.45) is 0 Å². The van der Waals surface area contributed by atoms with Gasteiger partial charge in [0, 0.05) is 5.56 Å². The van der Waals surface area contributed by atoms with Gasteiger partial charge in [0.1, 0.15) is 5.75 Å². The zero-order valence-corrected chi connectivity index (χ0v) is 11.8. The van der Waals surface area contributed by atoms with Crippen LogP contribution in [-0.4, -0.2) is 18.2 Å². The molecule has 18 heavy (non-hydrogen) atoms. The minimum Gasteiger partial charge on any atom is -0.507 e. The Morgan fingerprint density at radius 2 is 1.94 bits per heavy atom. The molecule has 0 unspecified atom stereocenters. The Balaban J connectivity index is 2.45. The lowest BCUT2D eigenvalue weighted by Gasteiger charge is -2.28. The molecule has 0 amide bonds. The second kappa shape index (κ2) is 5.75. The topological polar surface area (TPSA) is 32.3 Å². The van der Waals surface area contributed by atoms with Gasteiger partial charge in [-0.3, -0.25) is 0 Å². The maximum atomic E-state index is 10.6. The number of aryl methyl sites for hydroxylation is 1. The molecule has 0 aliphatic carbocycles. The maximum Gasteiger partial charge on any atom is 0.122 e. The molecule has 0 atom stereocenters. The fourth-order valence-electron chi connectivity index (χ4n) is 3.00. The molecule has 2 heteroatoms. The Morgan fingerprint density at radius 3 is 2.50 bits per heavy atom. The van der Waals surface area contributed by atoms with Gasteiger partial charge < -0.3 is 10.4 Å². The minimum absolute atomic E-state index is 0.478. The van der Waals surface area contributed by atoms with Gasteiger partial charge in [0.25, 0.3) is 0 Å². The minimum atomic E-state index is 0.478. The predicted molar refractivity (Wildman–Crippen MR) is 76.4 cm³/mol. The van der Waals surface area contributed by atoms with Crippen LogP contribution in [0.15, 0.2) is 12.1 Å². The van der Waals surface area contributed by atoms with Gasteiger partial charge >= 0.3 is 0 Å². The van der Waals surface area contributed by atoms with Crippen molar-refractivity contribution < 1.29 is 5.11 Å². The Kier molecular flexibility index (Phi) is 4.28. The molecule has 1 saturated heterocycles. The average Bonchev–Trinajstić information content (AvgIpc) is 2.39. The summed E-state index contributed by atoms with van der Waals surface area (Å²) in [5.41, 5.74) is 3.65. The number of hydrogen-bond donors (Lipinski definition) is 2. The second-order valence-corrected chi connectivity index (χ2v) is 5.61. The highest BCUT2D eigenvalue weighted by Crippen LogP contribution is 2.39. The summed E-state index contributed by atoms with van der Waals surface area (Å²) in [5, 5.41) is 13.9. The molecule has 2 rings (SSSR count). The van der Waals surface area contributed by atoms with Crippen LogP contribution in [0, 0.1) is 0 Å². The largest absolute Gasteiger partial charge is 0.507 e. The van der Waals surface area contributed by atoms with Gasteiger partial charge in [-0.2, -0.15) is 0 Å². The number of piperidine rings is 1. The highest BCUT2D eigenvalue weighted by Gasteiger charge is 2.23. The Bertz CT molecular complexity index is 406. The first-order chi connectivity index (χ1) is 8.65. The van der Waals surface area contributed by atoms with Gasteiger partial charge in [0.05, 0.1) is 0 Å². The van der Waals surface area contributed by atoms with Crippen molar-refractivity contribution in [3.05, 3.63) is 28.8 Å². The van der Waals surface area contributed by atoms with Gasteiger partial charge in [-0.15, -0.1) is 0 Å². The van der Waals surface area contributed by atoms with Crippen LogP contribution in [0.2, 0.25) is 0 Å². The molecule has 0 bridgehead atoms. The molecule has 0 saturated carbocycles. The summed E-state index contributed by atoms with van der Waals surface area (Å²) in [6.45, 7) is 8.67. The first kappa shape index (κ1) is 13.4. The highest BCUT2D eigenvalue weighted by atomic mass is 16.3. The zero-order valence-electron chi connectivity index (χ0n) is 11.8. The van der Waals surface area contributed by atoms with E-state index in [2.05, 4.69) is 38.2 Å². The molecule has 1 aliphatic heterocycles. The lowest BCUT2D eigenvalue weighted by Crippen LogP contribution is -2.27. The highest BCUT2D eigenvalue weighted by molar-refractivity contribution is 5.49. The SMILES string of the molecule is CCc1ccc(C(C)C)c(C2CCNCC2)c1O. The first-order valence-corrected chi connectivity index (χ1v) is 7.20. The molecule has 1 aromatic carbocycles. The average molecular weight is 247 g/mol. The van der Waals surface area contributed by atoms with E-state index in [1.54, 1.807) is 0 Å².